The molecule has 0 unspecified atom stereocenters. The Balaban J connectivity index is 1.46. The van der Waals surface area contributed by atoms with E-state index >= 15 is 0 Å². The third-order valence-corrected chi connectivity index (χ3v) is 6.77. The van der Waals surface area contributed by atoms with Gasteiger partial charge in [-0.25, -0.2) is 0 Å². The van der Waals surface area contributed by atoms with Gasteiger partial charge in [0, 0.05) is 26.1 Å². The first kappa shape index (κ1) is 19.3. The van der Waals surface area contributed by atoms with Crippen molar-refractivity contribution < 1.29 is 14.3 Å². The summed E-state index contributed by atoms with van der Waals surface area (Å²) in [6.45, 7) is 6.86. The van der Waals surface area contributed by atoms with E-state index in [-0.39, 0.29) is 22.8 Å². The number of carbonyl (C=O) groups is 2. The lowest BCUT2D eigenvalue weighted by Gasteiger charge is -2.43. The van der Waals surface area contributed by atoms with Gasteiger partial charge in [-0.05, 0) is 56.1 Å². The van der Waals surface area contributed by atoms with Gasteiger partial charge >= 0.3 is 0 Å². The molecule has 0 N–H and O–H groups in total. The normalized spacial score (nSPS) is 29.8. The minimum atomic E-state index is -0.380. The summed E-state index contributed by atoms with van der Waals surface area (Å²) < 4.78 is 6.45. The molecule has 0 aromatic heterocycles. The molecule has 5 heteroatoms. The zero-order chi connectivity index (χ0) is 19.9. The number of carbonyl (C=O) groups excluding carboxylic acids is 2. The second kappa shape index (κ2) is 7.09. The molecular formula is C23H32N2O3. The van der Waals surface area contributed by atoms with Gasteiger partial charge < -0.3 is 14.5 Å². The summed E-state index contributed by atoms with van der Waals surface area (Å²) in [7, 11) is 1.85. The summed E-state index contributed by atoms with van der Waals surface area (Å²) >= 11 is 0. The van der Waals surface area contributed by atoms with E-state index in [1.54, 1.807) is 4.90 Å². The van der Waals surface area contributed by atoms with Gasteiger partial charge in [-0.15, -0.1) is 0 Å². The highest BCUT2D eigenvalue weighted by molar-refractivity contribution is 5.97. The number of likely N-dealkylation sites (N-methyl/N-ethyl adjacent to an activating group) is 1. The van der Waals surface area contributed by atoms with Crippen LogP contribution >= 0.6 is 0 Å². The zero-order valence-corrected chi connectivity index (χ0v) is 17.4. The van der Waals surface area contributed by atoms with Crippen molar-refractivity contribution in [3.8, 4) is 5.75 Å². The molecule has 1 aliphatic carbocycles. The fraction of sp³-hybridized carbons (Fsp3) is 0.652. The Morgan fingerprint density at radius 2 is 1.82 bits per heavy atom. The van der Waals surface area contributed by atoms with Gasteiger partial charge in [-0.3, -0.25) is 9.59 Å². The molecule has 2 fully saturated rings. The minimum Gasteiger partial charge on any atom is -0.485 e. The van der Waals surface area contributed by atoms with Crippen molar-refractivity contribution in [1.29, 1.82) is 0 Å². The molecule has 4 rings (SSSR count). The van der Waals surface area contributed by atoms with Crippen LogP contribution in [0.5, 0.6) is 5.75 Å². The van der Waals surface area contributed by atoms with Gasteiger partial charge in [0.15, 0.2) is 0 Å². The molecule has 2 heterocycles. The average molecular weight is 385 g/mol. The molecule has 0 atom stereocenters. The van der Waals surface area contributed by atoms with Gasteiger partial charge in [0.1, 0.15) is 11.4 Å². The maximum Gasteiger partial charge on any atom is 0.257 e. The Labute approximate surface area is 168 Å². The van der Waals surface area contributed by atoms with Gasteiger partial charge in [-0.2, -0.15) is 0 Å². The minimum absolute atomic E-state index is 0.0150. The molecule has 1 saturated carbocycles. The quantitative estimate of drug-likeness (QED) is 0.741. The summed E-state index contributed by atoms with van der Waals surface area (Å²) in [5, 5.41) is 0. The molecule has 152 valence electrons. The first-order chi connectivity index (χ1) is 13.3. The Morgan fingerprint density at radius 3 is 2.54 bits per heavy atom. The van der Waals surface area contributed by atoms with E-state index < -0.39 is 0 Å². The number of para-hydroxylation sites is 1. The van der Waals surface area contributed by atoms with Crippen molar-refractivity contribution in [3.05, 3.63) is 29.8 Å². The number of amides is 2. The Hall–Kier alpha value is -2.04. The Morgan fingerprint density at radius 1 is 1.11 bits per heavy atom. The van der Waals surface area contributed by atoms with Gasteiger partial charge in [-0.1, -0.05) is 26.0 Å². The third kappa shape index (κ3) is 3.63. The number of nitrogens with zero attached hydrogens (tertiary/aromatic N) is 2. The third-order valence-electron chi connectivity index (χ3n) is 6.77. The van der Waals surface area contributed by atoms with Crippen LogP contribution in [0.3, 0.4) is 0 Å². The van der Waals surface area contributed by atoms with Crippen molar-refractivity contribution in [3.63, 3.8) is 0 Å². The molecule has 1 spiro atoms. The first-order valence-corrected chi connectivity index (χ1v) is 10.6. The number of rotatable bonds is 1. The van der Waals surface area contributed by atoms with E-state index in [0.29, 0.717) is 23.8 Å². The van der Waals surface area contributed by atoms with E-state index in [2.05, 4.69) is 18.7 Å². The SMILES string of the molecule is CN1CC2(CCC(C(=O)N3CCCC(C)(C)C3)CC2)Oc2ccccc2C1=O. The van der Waals surface area contributed by atoms with E-state index in [0.717, 1.165) is 45.2 Å². The summed E-state index contributed by atoms with van der Waals surface area (Å²) in [6.07, 6.45) is 5.58. The molecule has 2 aliphatic heterocycles. The summed E-state index contributed by atoms with van der Waals surface area (Å²) in [5.74, 6) is 1.10. The Kier molecular flexibility index (Phi) is 4.88. The van der Waals surface area contributed by atoms with Gasteiger partial charge in [0.05, 0.1) is 12.1 Å². The molecule has 2 amide bonds. The fourth-order valence-corrected chi connectivity index (χ4v) is 5.23. The molecule has 1 aromatic rings. The first-order valence-electron chi connectivity index (χ1n) is 10.6. The molecule has 0 bridgehead atoms. The topological polar surface area (TPSA) is 49.9 Å². The Bertz CT molecular complexity index is 765. The number of fused-ring (bicyclic) bond motifs is 1. The standard InChI is InChI=1S/C23H32N2O3/c1-22(2)11-6-14-25(15-22)20(26)17-9-12-23(13-10-17)16-24(3)21(27)18-7-4-5-8-19(18)28-23/h4-5,7-8,17H,6,9-16H2,1-3H3. The van der Waals surface area contributed by atoms with Crippen molar-refractivity contribution in [2.24, 2.45) is 11.3 Å². The zero-order valence-electron chi connectivity index (χ0n) is 17.4. The van der Waals surface area contributed by atoms with Crippen LogP contribution in [0.25, 0.3) is 0 Å². The number of hydrogen-bond acceptors (Lipinski definition) is 3. The van der Waals surface area contributed by atoms with Crippen LogP contribution < -0.4 is 4.74 Å². The molecule has 28 heavy (non-hydrogen) atoms. The summed E-state index contributed by atoms with van der Waals surface area (Å²) in [6, 6.07) is 7.52. The number of ether oxygens (including phenoxy) is 1. The van der Waals surface area contributed by atoms with E-state index in [9.17, 15) is 9.59 Å². The van der Waals surface area contributed by atoms with Gasteiger partial charge in [0.2, 0.25) is 5.91 Å². The number of hydrogen-bond donors (Lipinski definition) is 0. The molecular weight excluding hydrogens is 352 g/mol. The van der Waals surface area contributed by atoms with Crippen LogP contribution in [0.15, 0.2) is 24.3 Å². The molecule has 5 nitrogen and oxygen atoms in total. The van der Waals surface area contributed by atoms with Crippen LogP contribution in [0, 0.1) is 11.3 Å². The predicted octanol–water partition coefficient (Wildman–Crippen LogP) is 3.73. The molecule has 0 radical (unpaired) electrons. The maximum absolute atomic E-state index is 13.1. The van der Waals surface area contributed by atoms with E-state index in [1.807, 2.05) is 31.3 Å². The molecule has 1 saturated heterocycles. The number of likely N-dealkylation sites (tertiary alicyclic amines) is 1. The predicted molar refractivity (Wildman–Crippen MR) is 108 cm³/mol. The smallest absolute Gasteiger partial charge is 0.257 e. The van der Waals surface area contributed by atoms with Crippen molar-refractivity contribution in [2.75, 3.05) is 26.7 Å². The van der Waals surface area contributed by atoms with Gasteiger partial charge in [0.25, 0.3) is 5.91 Å². The van der Waals surface area contributed by atoms with Crippen LogP contribution in [0.4, 0.5) is 0 Å². The van der Waals surface area contributed by atoms with E-state index in [1.165, 1.54) is 6.42 Å². The lowest BCUT2D eigenvalue weighted by atomic mass is 9.77. The second-order valence-corrected chi connectivity index (χ2v) is 9.74. The lowest BCUT2D eigenvalue weighted by Crippen LogP contribution is -2.51. The fourth-order valence-electron chi connectivity index (χ4n) is 5.23. The van der Waals surface area contributed by atoms with Crippen molar-refractivity contribution in [2.45, 2.75) is 58.0 Å². The lowest BCUT2D eigenvalue weighted by molar-refractivity contribution is -0.141. The van der Waals surface area contributed by atoms with Crippen LogP contribution in [-0.2, 0) is 4.79 Å². The molecule has 1 aromatic carbocycles. The highest BCUT2D eigenvalue weighted by Gasteiger charge is 2.44. The van der Waals surface area contributed by atoms with Crippen molar-refractivity contribution >= 4 is 11.8 Å². The van der Waals surface area contributed by atoms with Crippen LogP contribution in [0.1, 0.15) is 62.7 Å². The largest absolute Gasteiger partial charge is 0.485 e. The summed E-state index contributed by atoms with van der Waals surface area (Å²) in [4.78, 5) is 29.7. The highest BCUT2D eigenvalue weighted by Crippen LogP contribution is 2.41. The van der Waals surface area contributed by atoms with Crippen molar-refractivity contribution in [1.82, 2.24) is 9.80 Å². The van der Waals surface area contributed by atoms with E-state index in [4.69, 9.17) is 4.74 Å². The maximum atomic E-state index is 13.1. The van der Waals surface area contributed by atoms with Crippen LogP contribution in [0.2, 0.25) is 0 Å². The number of benzene rings is 1. The number of piperidine rings is 1. The average Bonchev–Trinajstić information content (AvgIpc) is 2.76. The monoisotopic (exact) mass is 384 g/mol. The molecule has 3 aliphatic rings. The van der Waals surface area contributed by atoms with Crippen LogP contribution in [-0.4, -0.2) is 53.9 Å². The second-order valence-electron chi connectivity index (χ2n) is 9.74. The highest BCUT2D eigenvalue weighted by atomic mass is 16.5. The summed E-state index contributed by atoms with van der Waals surface area (Å²) in [5.41, 5.74) is 0.478.